The van der Waals surface area contributed by atoms with Gasteiger partial charge in [0, 0.05) is 11.1 Å². The number of aryl methyl sites for hydroxylation is 1. The first kappa shape index (κ1) is 19.3. The van der Waals surface area contributed by atoms with E-state index in [4.69, 9.17) is 0 Å². The van der Waals surface area contributed by atoms with E-state index in [2.05, 4.69) is 60.0 Å². The minimum atomic E-state index is -0.335. The fourth-order valence-corrected chi connectivity index (χ4v) is 3.16. The van der Waals surface area contributed by atoms with E-state index < -0.39 is 0 Å². The number of nitrogens with zero attached hydrogens (tertiary/aromatic N) is 1. The van der Waals surface area contributed by atoms with Crippen LogP contribution in [0.1, 0.15) is 35.2 Å². The average Bonchev–Trinajstić information content (AvgIpc) is 2.73. The second kappa shape index (κ2) is 8.98. The minimum Gasteiger partial charge on any atom is -0.326 e. The normalized spacial score (nSPS) is 12.6. The summed E-state index contributed by atoms with van der Waals surface area (Å²) in [5.74, 6) is -0.129. The van der Waals surface area contributed by atoms with Crippen LogP contribution in [0.25, 0.3) is 0 Å². The third-order valence-electron chi connectivity index (χ3n) is 4.80. The Labute approximate surface area is 165 Å². The van der Waals surface area contributed by atoms with Crippen LogP contribution >= 0.6 is 0 Å². The summed E-state index contributed by atoms with van der Waals surface area (Å²) in [6.45, 7) is 3.95. The fourth-order valence-electron chi connectivity index (χ4n) is 3.16. The van der Waals surface area contributed by atoms with Crippen molar-refractivity contribution in [2.45, 2.75) is 25.9 Å². The maximum absolute atomic E-state index is 12.8. The number of nitrogens with two attached hydrogens (primary N) is 1. The van der Waals surface area contributed by atoms with E-state index in [1.807, 2.05) is 31.2 Å². The molecule has 140 valence electrons. The molecular weight excluding hydrogens is 346 g/mol. The Balaban J connectivity index is 1.81. The summed E-state index contributed by atoms with van der Waals surface area (Å²) >= 11 is 0. The molecule has 4 nitrogen and oxygen atoms in total. The standard InChI is InChI=1S/C24H23N3O/c1-17-12-14-20(15-13-17)23(19-8-4-3-5-9-19)26-18(2)24(28)27-22-11-7-6-10-21(22)16-25/h3-15,18,23,26H,1-2H3,(H,27,28)/p+1/t18-,23+/m1/s1. The summed E-state index contributed by atoms with van der Waals surface area (Å²) in [5.41, 5.74) is 4.50. The van der Waals surface area contributed by atoms with Crippen molar-refractivity contribution in [1.82, 2.24) is 0 Å². The number of rotatable bonds is 6. The lowest BCUT2D eigenvalue weighted by Crippen LogP contribution is -2.92. The van der Waals surface area contributed by atoms with Crippen molar-refractivity contribution < 1.29 is 10.1 Å². The van der Waals surface area contributed by atoms with Crippen LogP contribution in [0.2, 0.25) is 0 Å². The number of nitrogens with one attached hydrogen (secondary N) is 1. The molecule has 0 aromatic heterocycles. The Morgan fingerprint density at radius 3 is 2.21 bits per heavy atom. The number of hydrogen-bond acceptors (Lipinski definition) is 2. The van der Waals surface area contributed by atoms with E-state index >= 15 is 0 Å². The Kier molecular flexibility index (Phi) is 6.21. The molecule has 28 heavy (non-hydrogen) atoms. The molecule has 0 fully saturated rings. The van der Waals surface area contributed by atoms with Gasteiger partial charge >= 0.3 is 0 Å². The smallest absolute Gasteiger partial charge is 0.282 e. The number of nitriles is 1. The monoisotopic (exact) mass is 370 g/mol. The van der Waals surface area contributed by atoms with Gasteiger partial charge in [-0.25, -0.2) is 0 Å². The number of carbonyl (C=O) groups excluding carboxylic acids is 1. The highest BCUT2D eigenvalue weighted by molar-refractivity contribution is 5.94. The van der Waals surface area contributed by atoms with Gasteiger partial charge in [-0.3, -0.25) is 4.79 Å². The summed E-state index contributed by atoms with van der Waals surface area (Å²) in [6.07, 6.45) is 0. The van der Waals surface area contributed by atoms with Crippen molar-refractivity contribution >= 4 is 11.6 Å². The van der Waals surface area contributed by atoms with Crippen molar-refractivity contribution in [3.05, 3.63) is 101 Å². The number of quaternary nitrogens is 1. The molecule has 0 saturated carbocycles. The third-order valence-corrected chi connectivity index (χ3v) is 4.80. The fraction of sp³-hybridized carbons (Fsp3) is 0.167. The maximum Gasteiger partial charge on any atom is 0.282 e. The second-order valence-corrected chi connectivity index (χ2v) is 6.93. The summed E-state index contributed by atoms with van der Waals surface area (Å²) in [6, 6.07) is 27.4. The zero-order valence-electron chi connectivity index (χ0n) is 16.1. The highest BCUT2D eigenvalue weighted by Crippen LogP contribution is 2.19. The number of carbonyl (C=O) groups is 1. The Bertz CT molecular complexity index is 975. The van der Waals surface area contributed by atoms with Crippen molar-refractivity contribution in [1.29, 1.82) is 5.26 Å². The van der Waals surface area contributed by atoms with Gasteiger partial charge in [0.05, 0.1) is 11.3 Å². The van der Waals surface area contributed by atoms with Crippen LogP contribution < -0.4 is 10.6 Å². The molecule has 3 aromatic carbocycles. The van der Waals surface area contributed by atoms with Crippen LogP contribution in [0.5, 0.6) is 0 Å². The second-order valence-electron chi connectivity index (χ2n) is 6.93. The molecule has 0 aliphatic rings. The van der Waals surface area contributed by atoms with Gasteiger partial charge in [0.15, 0.2) is 6.04 Å². The lowest BCUT2D eigenvalue weighted by atomic mass is 9.97. The van der Waals surface area contributed by atoms with Crippen molar-refractivity contribution in [3.8, 4) is 6.07 Å². The Hall–Kier alpha value is -3.42. The predicted octanol–water partition coefficient (Wildman–Crippen LogP) is 3.55. The molecule has 0 saturated heterocycles. The minimum absolute atomic E-state index is 0.00811. The maximum atomic E-state index is 12.8. The summed E-state index contributed by atoms with van der Waals surface area (Å²) in [4.78, 5) is 12.8. The lowest BCUT2D eigenvalue weighted by molar-refractivity contribution is -0.704. The molecule has 3 aromatic rings. The van der Waals surface area contributed by atoms with Crippen LogP contribution in [0.15, 0.2) is 78.9 Å². The van der Waals surface area contributed by atoms with Gasteiger partial charge in [-0.05, 0) is 26.0 Å². The van der Waals surface area contributed by atoms with E-state index in [0.29, 0.717) is 11.3 Å². The number of para-hydroxylation sites is 1. The summed E-state index contributed by atoms with van der Waals surface area (Å²) in [7, 11) is 0. The quantitative estimate of drug-likeness (QED) is 0.697. The molecule has 0 spiro atoms. The van der Waals surface area contributed by atoms with Crippen molar-refractivity contribution in [3.63, 3.8) is 0 Å². The zero-order valence-corrected chi connectivity index (χ0v) is 16.1. The topological polar surface area (TPSA) is 69.5 Å². The van der Waals surface area contributed by atoms with Crippen LogP contribution in [0.3, 0.4) is 0 Å². The molecule has 0 aliphatic carbocycles. The lowest BCUT2D eigenvalue weighted by Gasteiger charge is -2.21. The van der Waals surface area contributed by atoms with Crippen molar-refractivity contribution in [2.24, 2.45) is 0 Å². The van der Waals surface area contributed by atoms with Crippen LogP contribution in [-0.2, 0) is 4.79 Å². The molecule has 3 rings (SSSR count). The average molecular weight is 370 g/mol. The molecule has 2 atom stereocenters. The summed E-state index contributed by atoms with van der Waals surface area (Å²) < 4.78 is 0. The highest BCUT2D eigenvalue weighted by Gasteiger charge is 2.25. The first-order valence-corrected chi connectivity index (χ1v) is 9.35. The van der Waals surface area contributed by atoms with E-state index in [-0.39, 0.29) is 18.0 Å². The third kappa shape index (κ3) is 4.64. The van der Waals surface area contributed by atoms with Gasteiger partial charge in [-0.15, -0.1) is 0 Å². The first-order valence-electron chi connectivity index (χ1n) is 9.35. The number of amides is 1. The molecule has 0 heterocycles. The van der Waals surface area contributed by atoms with Crippen LogP contribution in [-0.4, -0.2) is 11.9 Å². The van der Waals surface area contributed by atoms with E-state index in [0.717, 1.165) is 11.1 Å². The molecule has 0 radical (unpaired) electrons. The summed E-state index contributed by atoms with van der Waals surface area (Å²) in [5, 5.41) is 14.2. The number of benzene rings is 3. The van der Waals surface area contributed by atoms with Gasteiger partial charge in [-0.2, -0.15) is 5.26 Å². The molecule has 0 aliphatic heterocycles. The van der Waals surface area contributed by atoms with Gasteiger partial charge in [-0.1, -0.05) is 72.3 Å². The van der Waals surface area contributed by atoms with E-state index in [9.17, 15) is 10.1 Å². The van der Waals surface area contributed by atoms with E-state index in [1.165, 1.54) is 5.56 Å². The zero-order chi connectivity index (χ0) is 19.9. The SMILES string of the molecule is Cc1ccc([C@@H]([NH2+][C@H](C)C(=O)Nc2ccccc2C#N)c2ccccc2)cc1. The molecule has 4 heteroatoms. The predicted molar refractivity (Wildman–Crippen MR) is 111 cm³/mol. The van der Waals surface area contributed by atoms with Gasteiger partial charge in [0.25, 0.3) is 5.91 Å². The van der Waals surface area contributed by atoms with Crippen LogP contribution in [0, 0.1) is 18.3 Å². The first-order chi connectivity index (χ1) is 13.6. The highest BCUT2D eigenvalue weighted by atomic mass is 16.2. The van der Waals surface area contributed by atoms with Crippen LogP contribution in [0.4, 0.5) is 5.69 Å². The number of anilines is 1. The molecule has 0 unspecified atom stereocenters. The van der Waals surface area contributed by atoms with Crippen molar-refractivity contribution in [2.75, 3.05) is 5.32 Å². The molecule has 1 amide bonds. The largest absolute Gasteiger partial charge is 0.326 e. The van der Waals surface area contributed by atoms with Gasteiger partial charge in [0.1, 0.15) is 12.1 Å². The Morgan fingerprint density at radius 2 is 1.54 bits per heavy atom. The molecule has 0 bridgehead atoms. The van der Waals surface area contributed by atoms with Gasteiger partial charge in [0.2, 0.25) is 0 Å². The number of hydrogen-bond donors (Lipinski definition) is 2. The molecule has 3 N–H and O–H groups in total. The van der Waals surface area contributed by atoms with E-state index in [1.54, 1.807) is 18.2 Å². The molecular formula is C24H24N3O+. The Morgan fingerprint density at radius 1 is 0.929 bits per heavy atom. The van der Waals surface area contributed by atoms with Gasteiger partial charge < -0.3 is 10.6 Å².